The minimum absolute atomic E-state index is 0.207. The lowest BCUT2D eigenvalue weighted by molar-refractivity contribution is -0.149. The molecule has 2 aromatic carbocycles. The minimum Gasteiger partial charge on any atom is -0.490 e. The number of nitrogens with zero attached hydrogens (tertiary/aromatic N) is 6. The van der Waals surface area contributed by atoms with E-state index in [9.17, 15) is 10.1 Å². The first kappa shape index (κ1) is 25.3. The molecule has 1 fully saturated rings. The quantitative estimate of drug-likeness (QED) is 0.352. The predicted molar refractivity (Wildman–Crippen MR) is 142 cm³/mol. The van der Waals surface area contributed by atoms with E-state index in [0.29, 0.717) is 41.9 Å². The Labute approximate surface area is 220 Å². The topological polar surface area (TPSA) is 106 Å². The van der Waals surface area contributed by atoms with E-state index >= 15 is 0 Å². The molecular weight excluding hydrogens is 480 g/mol. The van der Waals surface area contributed by atoms with E-state index in [4.69, 9.17) is 9.57 Å². The molecule has 0 amide bonds. The summed E-state index contributed by atoms with van der Waals surface area (Å²) in [6, 6.07) is 20.2. The summed E-state index contributed by atoms with van der Waals surface area (Å²) < 4.78 is 7.35. The largest absolute Gasteiger partial charge is 0.490 e. The number of piperidine rings is 1. The van der Waals surface area contributed by atoms with Gasteiger partial charge < -0.3 is 9.57 Å². The Kier molecular flexibility index (Phi) is 7.83. The summed E-state index contributed by atoms with van der Waals surface area (Å²) >= 11 is 0. The van der Waals surface area contributed by atoms with Crippen molar-refractivity contribution in [2.24, 2.45) is 5.92 Å². The Morgan fingerprint density at radius 3 is 2.53 bits per heavy atom. The molecular formula is C29H28N6O3. The van der Waals surface area contributed by atoms with Gasteiger partial charge in [-0.2, -0.15) is 15.4 Å². The van der Waals surface area contributed by atoms with Gasteiger partial charge in [0.15, 0.2) is 11.6 Å². The summed E-state index contributed by atoms with van der Waals surface area (Å²) in [5, 5.41) is 15.7. The second-order valence-corrected chi connectivity index (χ2v) is 9.22. The summed E-state index contributed by atoms with van der Waals surface area (Å²) in [7, 11) is 1.71. The third-order valence-electron chi connectivity index (χ3n) is 6.62. The highest BCUT2D eigenvalue weighted by Crippen LogP contribution is 2.22. The maximum Gasteiger partial charge on any atom is 0.267 e. The summed E-state index contributed by atoms with van der Waals surface area (Å²) in [4.78, 5) is 26.8. The Balaban J connectivity index is 1.26. The highest BCUT2D eigenvalue weighted by molar-refractivity contribution is 5.60. The predicted octanol–water partition coefficient (Wildman–Crippen LogP) is 3.94. The maximum atomic E-state index is 12.5. The fourth-order valence-electron chi connectivity index (χ4n) is 4.46. The molecule has 0 aliphatic carbocycles. The second kappa shape index (κ2) is 11.8. The lowest BCUT2D eigenvalue weighted by Crippen LogP contribution is -2.34. The number of hydrogen-bond donors (Lipinski definition) is 0. The van der Waals surface area contributed by atoms with E-state index in [-0.39, 0.29) is 5.56 Å². The van der Waals surface area contributed by atoms with Crippen LogP contribution in [0.1, 0.15) is 24.0 Å². The molecule has 1 aliphatic rings. The second-order valence-electron chi connectivity index (χ2n) is 9.22. The number of aromatic nitrogens is 4. The summed E-state index contributed by atoms with van der Waals surface area (Å²) in [5.74, 6) is 1.71. The van der Waals surface area contributed by atoms with Crippen molar-refractivity contribution in [2.75, 3.05) is 26.8 Å². The average molecular weight is 509 g/mol. The van der Waals surface area contributed by atoms with Gasteiger partial charge in [-0.1, -0.05) is 30.3 Å². The minimum atomic E-state index is -0.207. The zero-order valence-electron chi connectivity index (χ0n) is 21.2. The van der Waals surface area contributed by atoms with E-state index in [2.05, 4.69) is 21.1 Å². The molecule has 3 heterocycles. The van der Waals surface area contributed by atoms with Crippen molar-refractivity contribution in [1.82, 2.24) is 24.8 Å². The molecule has 0 N–H and O–H groups in total. The van der Waals surface area contributed by atoms with Gasteiger partial charge in [0.2, 0.25) is 0 Å². The van der Waals surface area contributed by atoms with E-state index in [1.165, 1.54) is 10.7 Å². The molecule has 9 heteroatoms. The van der Waals surface area contributed by atoms with Crippen molar-refractivity contribution in [2.45, 2.75) is 19.4 Å². The smallest absolute Gasteiger partial charge is 0.267 e. The third kappa shape index (κ3) is 6.11. The average Bonchev–Trinajstić information content (AvgIpc) is 2.98. The molecule has 0 unspecified atom stereocenters. The number of ether oxygens (including phenoxy) is 1. The van der Waals surface area contributed by atoms with Gasteiger partial charge in [-0.15, -0.1) is 0 Å². The molecule has 2 aromatic heterocycles. The van der Waals surface area contributed by atoms with Crippen LogP contribution in [0.4, 0.5) is 0 Å². The maximum absolute atomic E-state index is 12.5. The van der Waals surface area contributed by atoms with Crippen molar-refractivity contribution in [3.8, 4) is 34.5 Å². The number of hydrogen-bond acceptors (Lipinski definition) is 8. The Morgan fingerprint density at radius 2 is 1.76 bits per heavy atom. The summed E-state index contributed by atoms with van der Waals surface area (Å²) in [6.45, 7) is 2.76. The summed E-state index contributed by atoms with van der Waals surface area (Å²) in [6.07, 6.45) is 5.47. The lowest BCUT2D eigenvalue weighted by Gasteiger charge is -2.29. The number of nitriles is 1. The fourth-order valence-corrected chi connectivity index (χ4v) is 4.46. The lowest BCUT2D eigenvalue weighted by atomic mass is 9.99. The third-order valence-corrected chi connectivity index (χ3v) is 6.62. The molecule has 9 nitrogen and oxygen atoms in total. The Morgan fingerprint density at radius 1 is 1.00 bits per heavy atom. The molecule has 0 atom stereocenters. The fraction of sp³-hybridized carbons (Fsp3) is 0.276. The zero-order valence-corrected chi connectivity index (χ0v) is 21.2. The SMILES string of the molecule is CON1CCC(COc2cnc(-c3cccc(Cn4nc(-c5cccc(C#N)c5)ccc4=O)c3)nc2)CC1. The molecule has 1 aliphatic heterocycles. The van der Waals surface area contributed by atoms with Crippen LogP contribution in [0.3, 0.4) is 0 Å². The first-order valence-electron chi connectivity index (χ1n) is 12.5. The van der Waals surface area contributed by atoms with Gasteiger partial charge in [-0.3, -0.25) is 4.79 Å². The first-order valence-corrected chi connectivity index (χ1v) is 12.5. The highest BCUT2D eigenvalue weighted by Gasteiger charge is 2.19. The molecule has 4 aromatic rings. The standard InChI is InChI=1S/C29H28N6O3/c1-37-34-12-10-21(11-13-34)20-38-26-17-31-29(32-18-26)25-7-3-5-23(15-25)19-35-28(36)9-8-27(33-35)24-6-2-4-22(14-24)16-30/h2-9,14-15,17-18,21H,10-13,19-20H2,1H3. The van der Waals surface area contributed by atoms with Gasteiger partial charge >= 0.3 is 0 Å². The van der Waals surface area contributed by atoms with Crippen LogP contribution in [0.25, 0.3) is 22.6 Å². The van der Waals surface area contributed by atoms with Gasteiger partial charge in [0.1, 0.15) is 0 Å². The first-order chi connectivity index (χ1) is 18.6. The van der Waals surface area contributed by atoms with Crippen LogP contribution < -0.4 is 10.3 Å². The Hall–Kier alpha value is -4.39. The van der Waals surface area contributed by atoms with Crippen molar-refractivity contribution in [3.05, 3.63) is 94.5 Å². The number of hydroxylamine groups is 2. The number of rotatable bonds is 8. The van der Waals surface area contributed by atoms with Gasteiger partial charge in [-0.05, 0) is 48.6 Å². The van der Waals surface area contributed by atoms with Crippen LogP contribution in [0.15, 0.2) is 77.9 Å². The van der Waals surface area contributed by atoms with E-state index < -0.39 is 0 Å². The van der Waals surface area contributed by atoms with Crippen molar-refractivity contribution >= 4 is 0 Å². The zero-order chi connectivity index (χ0) is 26.3. The van der Waals surface area contributed by atoms with E-state index in [0.717, 1.165) is 42.6 Å². The van der Waals surface area contributed by atoms with Crippen LogP contribution in [0.2, 0.25) is 0 Å². The summed E-state index contributed by atoms with van der Waals surface area (Å²) in [5.41, 5.74) is 3.47. The molecule has 0 spiro atoms. The van der Waals surface area contributed by atoms with Crippen LogP contribution in [-0.2, 0) is 11.4 Å². The van der Waals surface area contributed by atoms with Crippen LogP contribution >= 0.6 is 0 Å². The highest BCUT2D eigenvalue weighted by atomic mass is 16.7. The van der Waals surface area contributed by atoms with Crippen LogP contribution in [-0.4, -0.2) is 51.6 Å². The van der Waals surface area contributed by atoms with Gasteiger partial charge in [-0.25, -0.2) is 14.6 Å². The molecule has 0 radical (unpaired) electrons. The van der Waals surface area contributed by atoms with Gasteiger partial charge in [0.05, 0.1) is 50.0 Å². The molecule has 0 bridgehead atoms. The normalized spacial score (nSPS) is 14.2. The molecule has 192 valence electrons. The van der Waals surface area contributed by atoms with Crippen molar-refractivity contribution in [3.63, 3.8) is 0 Å². The van der Waals surface area contributed by atoms with Crippen molar-refractivity contribution < 1.29 is 9.57 Å². The molecule has 0 saturated carbocycles. The molecule has 1 saturated heterocycles. The van der Waals surface area contributed by atoms with Gasteiger partial charge in [0, 0.05) is 30.3 Å². The molecule has 5 rings (SSSR count). The van der Waals surface area contributed by atoms with E-state index in [1.54, 1.807) is 43.8 Å². The van der Waals surface area contributed by atoms with Crippen LogP contribution in [0, 0.1) is 17.2 Å². The monoisotopic (exact) mass is 508 g/mol. The Bertz CT molecular complexity index is 1490. The van der Waals surface area contributed by atoms with Crippen LogP contribution in [0.5, 0.6) is 5.75 Å². The van der Waals surface area contributed by atoms with Gasteiger partial charge in [0.25, 0.3) is 5.56 Å². The van der Waals surface area contributed by atoms with Crippen molar-refractivity contribution in [1.29, 1.82) is 5.26 Å². The van der Waals surface area contributed by atoms with E-state index in [1.807, 2.05) is 35.4 Å². The molecule has 38 heavy (non-hydrogen) atoms. The number of benzene rings is 2.